The number of nitrogens with zero attached hydrogens (tertiary/aromatic N) is 3. The molecule has 2 heterocycles. The molecule has 0 saturated carbocycles. The summed E-state index contributed by atoms with van der Waals surface area (Å²) >= 11 is 1.97. The summed E-state index contributed by atoms with van der Waals surface area (Å²) in [6, 6.07) is 0.483. The lowest BCUT2D eigenvalue weighted by Gasteiger charge is -2.33. The lowest BCUT2D eigenvalue weighted by Crippen LogP contribution is -2.41. The van der Waals surface area contributed by atoms with Crippen LogP contribution in [0.5, 0.6) is 0 Å². The molecule has 0 aliphatic carbocycles. The van der Waals surface area contributed by atoms with Crippen molar-refractivity contribution in [1.29, 1.82) is 5.41 Å². The SMILES string of the molecule is CC1CSCCN1c1cnc(C(=N)N)cn1. The van der Waals surface area contributed by atoms with E-state index in [0.29, 0.717) is 11.7 Å². The second-order valence-corrected chi connectivity index (χ2v) is 4.94. The van der Waals surface area contributed by atoms with Crippen LogP contribution >= 0.6 is 11.8 Å². The summed E-state index contributed by atoms with van der Waals surface area (Å²) in [6.45, 7) is 3.19. The van der Waals surface area contributed by atoms with Gasteiger partial charge in [0.15, 0.2) is 0 Å². The Morgan fingerprint density at radius 2 is 2.38 bits per heavy atom. The maximum atomic E-state index is 7.25. The zero-order valence-electron chi connectivity index (χ0n) is 9.18. The van der Waals surface area contributed by atoms with Crippen LogP contribution in [-0.4, -0.2) is 39.9 Å². The van der Waals surface area contributed by atoms with Crippen molar-refractivity contribution in [3.63, 3.8) is 0 Å². The van der Waals surface area contributed by atoms with Crippen molar-refractivity contribution in [1.82, 2.24) is 9.97 Å². The maximum absolute atomic E-state index is 7.25. The van der Waals surface area contributed by atoms with Crippen LogP contribution in [-0.2, 0) is 0 Å². The Morgan fingerprint density at radius 3 is 2.94 bits per heavy atom. The fourth-order valence-corrected chi connectivity index (χ4v) is 2.69. The molecule has 2 rings (SSSR count). The molecule has 1 fully saturated rings. The lowest BCUT2D eigenvalue weighted by atomic mass is 10.3. The highest BCUT2D eigenvalue weighted by Crippen LogP contribution is 2.21. The maximum Gasteiger partial charge on any atom is 0.147 e. The molecule has 3 N–H and O–H groups in total. The minimum atomic E-state index is -0.0405. The summed E-state index contributed by atoms with van der Waals surface area (Å²) < 4.78 is 0. The Bertz CT molecular complexity index is 377. The largest absolute Gasteiger partial charge is 0.382 e. The second-order valence-electron chi connectivity index (χ2n) is 3.79. The monoisotopic (exact) mass is 237 g/mol. The number of anilines is 1. The van der Waals surface area contributed by atoms with E-state index in [4.69, 9.17) is 11.1 Å². The van der Waals surface area contributed by atoms with Gasteiger partial charge in [-0.15, -0.1) is 0 Å². The summed E-state index contributed by atoms with van der Waals surface area (Å²) in [5, 5.41) is 7.25. The molecular weight excluding hydrogens is 222 g/mol. The molecule has 5 nitrogen and oxygen atoms in total. The van der Waals surface area contributed by atoms with Crippen LogP contribution in [0.4, 0.5) is 5.82 Å². The van der Waals surface area contributed by atoms with Crippen LogP contribution in [0, 0.1) is 5.41 Å². The third kappa shape index (κ3) is 2.27. The highest BCUT2D eigenvalue weighted by molar-refractivity contribution is 7.99. The summed E-state index contributed by atoms with van der Waals surface area (Å²) in [5.74, 6) is 3.08. The van der Waals surface area contributed by atoms with Crippen molar-refractivity contribution in [2.75, 3.05) is 23.0 Å². The van der Waals surface area contributed by atoms with Crippen LogP contribution in [0.2, 0.25) is 0 Å². The summed E-state index contributed by atoms with van der Waals surface area (Å²) in [7, 11) is 0. The van der Waals surface area contributed by atoms with Crippen molar-refractivity contribution in [3.8, 4) is 0 Å². The molecule has 1 unspecified atom stereocenters. The standard InChI is InChI=1S/C10H15N5S/c1-7-6-16-3-2-15(7)9-5-13-8(4-14-9)10(11)12/h4-5,7H,2-3,6H2,1H3,(H3,11,12). The lowest BCUT2D eigenvalue weighted by molar-refractivity contribution is 0.687. The Hall–Kier alpha value is -1.30. The van der Waals surface area contributed by atoms with Crippen LogP contribution in [0.3, 0.4) is 0 Å². The number of nitrogens with one attached hydrogen (secondary N) is 1. The molecule has 0 radical (unpaired) electrons. The average Bonchev–Trinajstić information content (AvgIpc) is 2.30. The van der Waals surface area contributed by atoms with E-state index < -0.39 is 0 Å². The molecular formula is C10H15N5S. The first kappa shape index (κ1) is 11.2. The van der Waals surface area contributed by atoms with Crippen LogP contribution in [0.15, 0.2) is 12.4 Å². The normalized spacial score (nSPS) is 20.8. The number of aromatic nitrogens is 2. The van der Waals surface area contributed by atoms with Crippen molar-refractivity contribution in [3.05, 3.63) is 18.1 Å². The fraction of sp³-hybridized carbons (Fsp3) is 0.500. The smallest absolute Gasteiger partial charge is 0.147 e. The van der Waals surface area contributed by atoms with Gasteiger partial charge in [-0.05, 0) is 6.92 Å². The highest BCUT2D eigenvalue weighted by Gasteiger charge is 2.20. The van der Waals surface area contributed by atoms with Gasteiger partial charge in [0.2, 0.25) is 0 Å². The van der Waals surface area contributed by atoms with E-state index in [1.807, 2.05) is 11.8 Å². The molecule has 86 valence electrons. The number of hydrogen-bond donors (Lipinski definition) is 2. The Labute approximate surface area is 99.0 Å². The molecule has 6 heteroatoms. The first-order valence-electron chi connectivity index (χ1n) is 5.19. The van der Waals surface area contributed by atoms with Crippen LogP contribution in [0.25, 0.3) is 0 Å². The number of hydrogen-bond acceptors (Lipinski definition) is 5. The molecule has 1 aliphatic heterocycles. The van der Waals surface area contributed by atoms with E-state index in [-0.39, 0.29) is 5.84 Å². The molecule has 1 atom stereocenters. The van der Waals surface area contributed by atoms with E-state index in [1.165, 1.54) is 0 Å². The van der Waals surface area contributed by atoms with Gasteiger partial charge in [-0.3, -0.25) is 5.41 Å². The Kier molecular flexibility index (Phi) is 3.28. The highest BCUT2D eigenvalue weighted by atomic mass is 32.2. The second kappa shape index (κ2) is 4.69. The minimum Gasteiger partial charge on any atom is -0.382 e. The quantitative estimate of drug-likeness (QED) is 0.585. The van der Waals surface area contributed by atoms with E-state index >= 15 is 0 Å². The van der Waals surface area contributed by atoms with Gasteiger partial charge in [-0.1, -0.05) is 0 Å². The van der Waals surface area contributed by atoms with Gasteiger partial charge in [-0.25, -0.2) is 9.97 Å². The number of thioether (sulfide) groups is 1. The summed E-state index contributed by atoms with van der Waals surface area (Å²) in [5.41, 5.74) is 5.77. The van der Waals surface area contributed by atoms with Crippen LogP contribution in [0.1, 0.15) is 12.6 Å². The van der Waals surface area contributed by atoms with E-state index in [2.05, 4.69) is 21.8 Å². The predicted octanol–water partition coefficient (Wildman–Crippen LogP) is 0.702. The molecule has 1 saturated heterocycles. The molecule has 0 aromatic carbocycles. The topological polar surface area (TPSA) is 78.9 Å². The van der Waals surface area contributed by atoms with Gasteiger partial charge in [0, 0.05) is 24.1 Å². The molecule has 1 aromatic rings. The first-order valence-corrected chi connectivity index (χ1v) is 6.35. The molecule has 1 aromatic heterocycles. The van der Waals surface area contributed by atoms with E-state index in [0.717, 1.165) is 23.9 Å². The number of nitrogen functional groups attached to an aromatic ring is 1. The van der Waals surface area contributed by atoms with Gasteiger partial charge in [-0.2, -0.15) is 11.8 Å². The number of rotatable bonds is 2. The molecule has 0 spiro atoms. The summed E-state index contributed by atoms with van der Waals surface area (Å²) in [6.07, 6.45) is 3.26. The van der Waals surface area contributed by atoms with E-state index in [1.54, 1.807) is 12.4 Å². The van der Waals surface area contributed by atoms with Gasteiger partial charge >= 0.3 is 0 Å². The molecule has 0 amide bonds. The number of nitrogens with two attached hydrogens (primary N) is 1. The third-order valence-electron chi connectivity index (χ3n) is 2.58. The molecule has 1 aliphatic rings. The predicted molar refractivity (Wildman–Crippen MR) is 67.2 cm³/mol. The Morgan fingerprint density at radius 1 is 1.56 bits per heavy atom. The van der Waals surface area contributed by atoms with Crippen molar-refractivity contribution in [2.45, 2.75) is 13.0 Å². The van der Waals surface area contributed by atoms with Crippen LogP contribution < -0.4 is 10.6 Å². The zero-order valence-corrected chi connectivity index (χ0v) is 10.00. The van der Waals surface area contributed by atoms with Gasteiger partial charge in [0.25, 0.3) is 0 Å². The van der Waals surface area contributed by atoms with Gasteiger partial charge in [0.1, 0.15) is 17.3 Å². The first-order chi connectivity index (χ1) is 7.68. The Balaban J connectivity index is 2.17. The van der Waals surface area contributed by atoms with Crippen molar-refractivity contribution in [2.24, 2.45) is 5.73 Å². The molecule has 16 heavy (non-hydrogen) atoms. The van der Waals surface area contributed by atoms with Crippen molar-refractivity contribution < 1.29 is 0 Å². The zero-order chi connectivity index (χ0) is 11.5. The third-order valence-corrected chi connectivity index (χ3v) is 3.77. The molecule has 0 bridgehead atoms. The number of amidine groups is 1. The van der Waals surface area contributed by atoms with Gasteiger partial charge < -0.3 is 10.6 Å². The van der Waals surface area contributed by atoms with Crippen molar-refractivity contribution >= 4 is 23.4 Å². The summed E-state index contributed by atoms with van der Waals surface area (Å²) in [4.78, 5) is 10.7. The fourth-order valence-electron chi connectivity index (χ4n) is 1.68. The van der Waals surface area contributed by atoms with E-state index in [9.17, 15) is 0 Å². The minimum absolute atomic E-state index is 0.0405. The average molecular weight is 237 g/mol. The van der Waals surface area contributed by atoms with Gasteiger partial charge in [0.05, 0.1) is 12.4 Å².